The molecule has 1 aromatic rings. The van der Waals surface area contributed by atoms with E-state index in [1.807, 2.05) is 18.2 Å². The lowest BCUT2D eigenvalue weighted by Crippen LogP contribution is -2.24. The van der Waals surface area contributed by atoms with Gasteiger partial charge in [-0.1, -0.05) is 42.8 Å². The van der Waals surface area contributed by atoms with Gasteiger partial charge in [0.1, 0.15) is 0 Å². The van der Waals surface area contributed by atoms with Crippen LogP contribution in [0.15, 0.2) is 48.2 Å². The standard InChI is InChI=1S/C15H15N/c1-4-13-10-11(2)15(16-12(13)3)14-8-6-5-7-9-14/h1,5-9,13,16H,3,10H2,2H3. The molecular weight excluding hydrogens is 194 g/mol. The van der Waals surface area contributed by atoms with Crippen LogP contribution in [0.2, 0.25) is 0 Å². The first-order valence-corrected chi connectivity index (χ1v) is 5.39. The smallest absolute Gasteiger partial charge is 0.0632 e. The number of benzene rings is 1. The van der Waals surface area contributed by atoms with E-state index in [4.69, 9.17) is 6.42 Å². The molecule has 1 aliphatic rings. The Hall–Kier alpha value is -1.94. The second-order valence-corrected chi connectivity index (χ2v) is 4.09. The number of hydrogen-bond donors (Lipinski definition) is 1. The van der Waals surface area contributed by atoms with E-state index in [-0.39, 0.29) is 5.92 Å². The molecule has 1 N–H and O–H groups in total. The summed E-state index contributed by atoms with van der Waals surface area (Å²) in [5.74, 6) is 2.88. The van der Waals surface area contributed by atoms with Crippen molar-refractivity contribution in [1.29, 1.82) is 0 Å². The van der Waals surface area contributed by atoms with E-state index in [0.717, 1.165) is 17.8 Å². The zero-order valence-corrected chi connectivity index (χ0v) is 9.46. The fourth-order valence-corrected chi connectivity index (χ4v) is 1.97. The maximum absolute atomic E-state index is 5.47. The molecule has 80 valence electrons. The Bertz CT molecular complexity index is 474. The van der Waals surface area contributed by atoms with Crippen LogP contribution in [0.3, 0.4) is 0 Å². The first kappa shape index (κ1) is 10.6. The molecule has 0 bridgehead atoms. The van der Waals surface area contributed by atoms with Crippen LogP contribution in [0.25, 0.3) is 5.70 Å². The van der Waals surface area contributed by atoms with Gasteiger partial charge in [-0.2, -0.15) is 0 Å². The molecule has 0 fully saturated rings. The quantitative estimate of drug-likeness (QED) is 0.700. The van der Waals surface area contributed by atoms with Crippen molar-refractivity contribution in [2.24, 2.45) is 5.92 Å². The van der Waals surface area contributed by atoms with Crippen molar-refractivity contribution >= 4 is 5.70 Å². The molecule has 1 heteroatoms. The lowest BCUT2D eigenvalue weighted by atomic mass is 9.91. The van der Waals surface area contributed by atoms with Crippen LogP contribution in [0, 0.1) is 18.3 Å². The maximum atomic E-state index is 5.47. The van der Waals surface area contributed by atoms with Gasteiger partial charge in [-0.05, 0) is 24.5 Å². The van der Waals surface area contributed by atoms with E-state index in [1.165, 1.54) is 11.1 Å². The Morgan fingerprint density at radius 1 is 1.38 bits per heavy atom. The van der Waals surface area contributed by atoms with Crippen LogP contribution in [0.4, 0.5) is 0 Å². The summed E-state index contributed by atoms with van der Waals surface area (Å²) >= 11 is 0. The van der Waals surface area contributed by atoms with Crippen molar-refractivity contribution in [3.8, 4) is 12.3 Å². The Morgan fingerprint density at radius 2 is 2.06 bits per heavy atom. The molecule has 1 unspecified atom stereocenters. The normalized spacial score (nSPS) is 20.2. The number of rotatable bonds is 1. The third-order valence-corrected chi connectivity index (χ3v) is 2.91. The molecule has 0 aliphatic carbocycles. The molecular formula is C15H15N. The summed E-state index contributed by atoms with van der Waals surface area (Å²) in [4.78, 5) is 0. The monoisotopic (exact) mass is 209 g/mol. The van der Waals surface area contributed by atoms with E-state index >= 15 is 0 Å². The van der Waals surface area contributed by atoms with E-state index in [1.54, 1.807) is 0 Å². The van der Waals surface area contributed by atoms with Crippen molar-refractivity contribution in [3.63, 3.8) is 0 Å². The lowest BCUT2D eigenvalue weighted by molar-refractivity contribution is 0.698. The summed E-state index contributed by atoms with van der Waals surface area (Å²) in [6.07, 6.45) is 6.36. The van der Waals surface area contributed by atoms with Gasteiger partial charge in [0.25, 0.3) is 0 Å². The van der Waals surface area contributed by atoms with Crippen molar-refractivity contribution < 1.29 is 0 Å². The fourth-order valence-electron chi connectivity index (χ4n) is 1.97. The van der Waals surface area contributed by atoms with E-state index < -0.39 is 0 Å². The third-order valence-electron chi connectivity index (χ3n) is 2.91. The first-order chi connectivity index (χ1) is 7.72. The molecule has 0 amide bonds. The highest BCUT2D eigenvalue weighted by molar-refractivity contribution is 5.69. The van der Waals surface area contributed by atoms with Crippen molar-refractivity contribution in [2.75, 3.05) is 0 Å². The van der Waals surface area contributed by atoms with Gasteiger partial charge < -0.3 is 5.32 Å². The Labute approximate surface area is 96.9 Å². The minimum atomic E-state index is 0.118. The largest absolute Gasteiger partial charge is 0.358 e. The maximum Gasteiger partial charge on any atom is 0.0632 e. The van der Waals surface area contributed by atoms with Crippen LogP contribution >= 0.6 is 0 Å². The zero-order chi connectivity index (χ0) is 11.5. The van der Waals surface area contributed by atoms with Gasteiger partial charge in [-0.25, -0.2) is 0 Å². The summed E-state index contributed by atoms with van der Waals surface area (Å²) in [6.45, 7) is 6.11. The van der Waals surface area contributed by atoms with Crippen LogP contribution < -0.4 is 5.32 Å². The molecule has 0 saturated carbocycles. The van der Waals surface area contributed by atoms with Gasteiger partial charge in [0.2, 0.25) is 0 Å². The molecule has 1 nitrogen and oxygen atoms in total. The molecule has 0 spiro atoms. The SMILES string of the molecule is C#CC1CC(C)=C(c2ccccc2)NC1=C. The first-order valence-electron chi connectivity index (χ1n) is 5.39. The molecule has 2 rings (SSSR count). The summed E-state index contributed by atoms with van der Waals surface area (Å²) in [5.41, 5.74) is 4.56. The summed E-state index contributed by atoms with van der Waals surface area (Å²) < 4.78 is 0. The predicted molar refractivity (Wildman–Crippen MR) is 68.3 cm³/mol. The zero-order valence-electron chi connectivity index (χ0n) is 9.46. The Kier molecular flexibility index (Phi) is 2.83. The minimum absolute atomic E-state index is 0.118. The van der Waals surface area contributed by atoms with Crippen LogP contribution in [-0.2, 0) is 0 Å². The molecule has 1 atom stereocenters. The molecule has 16 heavy (non-hydrogen) atoms. The predicted octanol–water partition coefficient (Wildman–Crippen LogP) is 3.17. The minimum Gasteiger partial charge on any atom is -0.358 e. The summed E-state index contributed by atoms with van der Waals surface area (Å²) in [5, 5.41) is 3.33. The van der Waals surface area contributed by atoms with Crippen LogP contribution in [0.5, 0.6) is 0 Å². The van der Waals surface area contributed by atoms with Crippen molar-refractivity contribution in [1.82, 2.24) is 5.32 Å². The number of allylic oxidation sites excluding steroid dienone is 2. The number of terminal acetylenes is 1. The second kappa shape index (κ2) is 4.28. The molecule has 1 aliphatic heterocycles. The van der Waals surface area contributed by atoms with E-state index in [9.17, 15) is 0 Å². The topological polar surface area (TPSA) is 12.0 Å². The van der Waals surface area contributed by atoms with E-state index in [0.29, 0.717) is 0 Å². The molecule has 0 aromatic heterocycles. The Morgan fingerprint density at radius 3 is 2.69 bits per heavy atom. The van der Waals surface area contributed by atoms with Crippen molar-refractivity contribution in [2.45, 2.75) is 13.3 Å². The summed E-state index contributed by atoms with van der Waals surface area (Å²) in [6, 6.07) is 10.3. The van der Waals surface area contributed by atoms with E-state index in [2.05, 4.69) is 36.9 Å². The lowest BCUT2D eigenvalue weighted by Gasteiger charge is -2.26. The molecule has 1 aromatic carbocycles. The summed E-state index contributed by atoms with van der Waals surface area (Å²) in [7, 11) is 0. The van der Waals surface area contributed by atoms with Gasteiger partial charge in [0.15, 0.2) is 0 Å². The average molecular weight is 209 g/mol. The van der Waals surface area contributed by atoms with Gasteiger partial charge >= 0.3 is 0 Å². The van der Waals surface area contributed by atoms with Gasteiger partial charge in [-0.15, -0.1) is 6.42 Å². The highest BCUT2D eigenvalue weighted by Crippen LogP contribution is 2.29. The van der Waals surface area contributed by atoms with Gasteiger partial charge in [0, 0.05) is 11.4 Å². The van der Waals surface area contributed by atoms with Crippen LogP contribution in [-0.4, -0.2) is 0 Å². The number of nitrogens with one attached hydrogen (secondary N) is 1. The fraction of sp³-hybridized carbons (Fsp3) is 0.200. The van der Waals surface area contributed by atoms with Crippen LogP contribution in [0.1, 0.15) is 18.9 Å². The van der Waals surface area contributed by atoms with Gasteiger partial charge in [0.05, 0.1) is 5.92 Å². The molecule has 0 radical (unpaired) electrons. The Balaban J connectivity index is 2.37. The number of hydrogen-bond acceptors (Lipinski definition) is 1. The molecule has 1 heterocycles. The highest BCUT2D eigenvalue weighted by atomic mass is 14.9. The highest BCUT2D eigenvalue weighted by Gasteiger charge is 2.20. The average Bonchev–Trinajstić information content (AvgIpc) is 2.32. The second-order valence-electron chi connectivity index (χ2n) is 4.09. The van der Waals surface area contributed by atoms with Gasteiger partial charge in [-0.3, -0.25) is 0 Å². The van der Waals surface area contributed by atoms with Crippen molar-refractivity contribution in [3.05, 3.63) is 53.7 Å². The third kappa shape index (κ3) is 1.87. The molecule has 0 saturated heterocycles.